The molecule has 1 nitrogen and oxygen atoms in total. The zero-order valence-corrected chi connectivity index (χ0v) is 10.6. The summed E-state index contributed by atoms with van der Waals surface area (Å²) in [6, 6.07) is 10.7. The van der Waals surface area contributed by atoms with E-state index < -0.39 is 0 Å². The molecule has 0 aliphatic heterocycles. The molecule has 1 atom stereocenters. The molecule has 1 aromatic rings. The molecule has 2 rings (SSSR count). The Kier molecular flexibility index (Phi) is 4.03. The molecule has 1 aromatic carbocycles. The number of benzene rings is 1. The number of ether oxygens (including phenoxy) is 1. The van der Waals surface area contributed by atoms with Crippen LogP contribution in [0.2, 0.25) is 0 Å². The van der Waals surface area contributed by atoms with Crippen LogP contribution in [-0.2, 0) is 11.2 Å². The lowest BCUT2D eigenvalue weighted by atomic mass is 9.89. The maximum absolute atomic E-state index is 5.33. The number of rotatable bonds is 4. The maximum atomic E-state index is 5.33. The van der Waals surface area contributed by atoms with Crippen molar-refractivity contribution < 1.29 is 4.74 Å². The first-order valence-corrected chi connectivity index (χ1v) is 6.25. The van der Waals surface area contributed by atoms with E-state index >= 15 is 0 Å². The van der Waals surface area contributed by atoms with Crippen molar-refractivity contribution in [2.75, 3.05) is 7.11 Å². The first-order chi connectivity index (χ1) is 8.28. The lowest BCUT2D eigenvalue weighted by Gasteiger charge is -2.19. The first kappa shape index (κ1) is 12.0. The number of allylic oxidation sites excluding steroid dienone is 3. The first-order valence-electron chi connectivity index (χ1n) is 6.25. The van der Waals surface area contributed by atoms with E-state index in [0.717, 1.165) is 12.2 Å². The minimum absolute atomic E-state index is 0.621. The fraction of sp³-hybridized carbons (Fsp3) is 0.375. The molecule has 0 heterocycles. The fourth-order valence-corrected chi connectivity index (χ4v) is 2.36. The summed E-state index contributed by atoms with van der Waals surface area (Å²) < 4.78 is 5.33. The molecule has 0 saturated heterocycles. The maximum Gasteiger partial charge on any atom is 0.115 e. The van der Waals surface area contributed by atoms with Crippen LogP contribution in [-0.4, -0.2) is 7.11 Å². The summed E-state index contributed by atoms with van der Waals surface area (Å²) in [6.07, 6.45) is 7.91. The van der Waals surface area contributed by atoms with Crippen LogP contribution in [0.1, 0.15) is 25.3 Å². The van der Waals surface area contributed by atoms with Crippen LogP contribution in [0.5, 0.6) is 0 Å². The molecular weight excluding hydrogens is 208 g/mol. The number of hydrogen-bond donors (Lipinski definition) is 0. The zero-order valence-electron chi connectivity index (χ0n) is 10.6. The van der Waals surface area contributed by atoms with Gasteiger partial charge in [-0.1, -0.05) is 35.9 Å². The van der Waals surface area contributed by atoms with Gasteiger partial charge in [0.2, 0.25) is 0 Å². The van der Waals surface area contributed by atoms with Gasteiger partial charge in [0.05, 0.1) is 7.11 Å². The molecule has 0 bridgehead atoms. The van der Waals surface area contributed by atoms with Crippen LogP contribution >= 0.6 is 0 Å². The Balaban J connectivity index is 1.92. The molecule has 0 radical (unpaired) electrons. The fourth-order valence-electron chi connectivity index (χ4n) is 2.36. The minimum atomic E-state index is 0.621. The summed E-state index contributed by atoms with van der Waals surface area (Å²) in [5.74, 6) is 1.64. The second-order valence-corrected chi connectivity index (χ2v) is 4.75. The van der Waals surface area contributed by atoms with Crippen molar-refractivity contribution in [3.05, 3.63) is 59.4 Å². The summed E-state index contributed by atoms with van der Waals surface area (Å²) in [5.41, 5.74) is 2.84. The second kappa shape index (κ2) is 5.72. The lowest BCUT2D eigenvalue weighted by molar-refractivity contribution is 0.297. The van der Waals surface area contributed by atoms with Crippen molar-refractivity contribution in [2.24, 2.45) is 5.92 Å². The summed E-state index contributed by atoms with van der Waals surface area (Å²) in [5, 5.41) is 0. The number of aryl methyl sites for hydroxylation is 1. The third-order valence-electron chi connectivity index (χ3n) is 3.26. The highest BCUT2D eigenvalue weighted by molar-refractivity contribution is 5.24. The summed E-state index contributed by atoms with van der Waals surface area (Å²) in [7, 11) is 1.75. The standard InChI is InChI=1S/C16H20O/c1-13-10-15(12-16(11-13)17-2)9-8-14-6-4-3-5-7-14/h3-7,11-12,15H,8-10H2,1-2H3. The Morgan fingerprint density at radius 1 is 1.24 bits per heavy atom. The third-order valence-corrected chi connectivity index (χ3v) is 3.26. The van der Waals surface area contributed by atoms with Crippen LogP contribution in [0.3, 0.4) is 0 Å². The molecule has 1 aliphatic carbocycles. The van der Waals surface area contributed by atoms with Crippen LogP contribution in [0.25, 0.3) is 0 Å². The monoisotopic (exact) mass is 228 g/mol. The number of methoxy groups -OCH3 is 1. The highest BCUT2D eigenvalue weighted by Gasteiger charge is 2.13. The average molecular weight is 228 g/mol. The van der Waals surface area contributed by atoms with Gasteiger partial charge in [0.15, 0.2) is 0 Å². The van der Waals surface area contributed by atoms with E-state index in [1.165, 1.54) is 24.0 Å². The number of hydrogen-bond acceptors (Lipinski definition) is 1. The van der Waals surface area contributed by atoms with Gasteiger partial charge < -0.3 is 4.74 Å². The molecule has 1 aliphatic rings. The Morgan fingerprint density at radius 2 is 2.00 bits per heavy atom. The van der Waals surface area contributed by atoms with Gasteiger partial charge in [0.25, 0.3) is 0 Å². The Bertz CT molecular complexity index is 414. The van der Waals surface area contributed by atoms with Gasteiger partial charge in [0, 0.05) is 0 Å². The second-order valence-electron chi connectivity index (χ2n) is 4.75. The van der Waals surface area contributed by atoms with Crippen molar-refractivity contribution in [2.45, 2.75) is 26.2 Å². The molecular formula is C16H20O. The largest absolute Gasteiger partial charge is 0.497 e. The Morgan fingerprint density at radius 3 is 2.71 bits per heavy atom. The highest BCUT2D eigenvalue weighted by atomic mass is 16.5. The van der Waals surface area contributed by atoms with E-state index in [1.807, 2.05) is 0 Å². The molecule has 0 amide bonds. The molecule has 0 aromatic heterocycles. The summed E-state index contributed by atoms with van der Waals surface area (Å²) >= 11 is 0. The molecule has 0 fully saturated rings. The van der Waals surface area contributed by atoms with E-state index in [2.05, 4.69) is 49.4 Å². The summed E-state index contributed by atoms with van der Waals surface area (Å²) in [4.78, 5) is 0. The van der Waals surface area contributed by atoms with Gasteiger partial charge in [-0.15, -0.1) is 0 Å². The third kappa shape index (κ3) is 3.48. The van der Waals surface area contributed by atoms with Gasteiger partial charge >= 0.3 is 0 Å². The predicted octanol–water partition coefficient (Wildman–Crippen LogP) is 4.12. The van der Waals surface area contributed by atoms with E-state index in [-0.39, 0.29) is 0 Å². The van der Waals surface area contributed by atoms with Crippen LogP contribution in [0.4, 0.5) is 0 Å². The highest BCUT2D eigenvalue weighted by Crippen LogP contribution is 2.26. The van der Waals surface area contributed by atoms with Gasteiger partial charge in [-0.05, 0) is 49.8 Å². The van der Waals surface area contributed by atoms with E-state index in [1.54, 1.807) is 7.11 Å². The topological polar surface area (TPSA) is 9.23 Å². The molecule has 1 heteroatoms. The van der Waals surface area contributed by atoms with Crippen LogP contribution in [0, 0.1) is 5.92 Å². The van der Waals surface area contributed by atoms with Crippen molar-refractivity contribution in [1.29, 1.82) is 0 Å². The minimum Gasteiger partial charge on any atom is -0.497 e. The molecule has 0 spiro atoms. The smallest absolute Gasteiger partial charge is 0.115 e. The SMILES string of the molecule is COC1=CC(CCc2ccccc2)CC(C)=C1. The quantitative estimate of drug-likeness (QED) is 0.753. The normalized spacial score (nSPS) is 19.5. The van der Waals surface area contributed by atoms with Crippen molar-refractivity contribution in [3.63, 3.8) is 0 Å². The van der Waals surface area contributed by atoms with E-state index in [9.17, 15) is 0 Å². The van der Waals surface area contributed by atoms with Crippen LogP contribution < -0.4 is 0 Å². The molecule has 17 heavy (non-hydrogen) atoms. The van der Waals surface area contributed by atoms with Gasteiger partial charge in [-0.3, -0.25) is 0 Å². The summed E-state index contributed by atoms with van der Waals surface area (Å²) in [6.45, 7) is 2.18. The predicted molar refractivity (Wildman–Crippen MR) is 71.7 cm³/mol. The van der Waals surface area contributed by atoms with E-state index in [4.69, 9.17) is 4.74 Å². The molecule has 1 unspecified atom stereocenters. The van der Waals surface area contributed by atoms with Gasteiger partial charge in [-0.25, -0.2) is 0 Å². The Hall–Kier alpha value is -1.50. The van der Waals surface area contributed by atoms with Crippen molar-refractivity contribution >= 4 is 0 Å². The lowest BCUT2D eigenvalue weighted by Crippen LogP contribution is -2.06. The average Bonchev–Trinajstić information content (AvgIpc) is 2.37. The van der Waals surface area contributed by atoms with E-state index in [0.29, 0.717) is 5.92 Å². The van der Waals surface area contributed by atoms with Crippen LogP contribution in [0.15, 0.2) is 53.8 Å². The van der Waals surface area contributed by atoms with Gasteiger partial charge in [-0.2, -0.15) is 0 Å². The van der Waals surface area contributed by atoms with Gasteiger partial charge in [0.1, 0.15) is 5.76 Å². The van der Waals surface area contributed by atoms with Crippen molar-refractivity contribution in [1.82, 2.24) is 0 Å². The zero-order chi connectivity index (χ0) is 12.1. The molecule has 90 valence electrons. The molecule has 0 N–H and O–H groups in total. The molecule has 0 saturated carbocycles. The van der Waals surface area contributed by atoms with Crippen molar-refractivity contribution in [3.8, 4) is 0 Å². The Labute approximate surface area is 104 Å².